The lowest BCUT2D eigenvalue weighted by molar-refractivity contribution is 0.194. The number of nitrogens with zero attached hydrogens (tertiary/aromatic N) is 5. The molecule has 0 unspecified atom stereocenters. The molecular formula is C18H24N6O2. The van der Waals surface area contributed by atoms with Gasteiger partial charge in [-0.05, 0) is 25.0 Å². The Balaban J connectivity index is 1.37. The molecule has 0 spiro atoms. The van der Waals surface area contributed by atoms with E-state index in [0.717, 1.165) is 31.1 Å². The van der Waals surface area contributed by atoms with E-state index in [1.165, 1.54) is 12.8 Å². The van der Waals surface area contributed by atoms with Crippen LogP contribution in [0.5, 0.6) is 5.75 Å². The minimum Gasteiger partial charge on any atom is -0.485 e. The Morgan fingerprint density at radius 2 is 2.08 bits per heavy atom. The molecule has 8 heteroatoms. The minimum atomic E-state index is -0.120. The number of aromatic nitrogens is 3. The highest BCUT2D eigenvalue weighted by Crippen LogP contribution is 2.30. The Labute approximate surface area is 152 Å². The van der Waals surface area contributed by atoms with Crippen LogP contribution >= 0.6 is 0 Å². The summed E-state index contributed by atoms with van der Waals surface area (Å²) >= 11 is 0. The number of nitrogens with one attached hydrogen (secondary N) is 1. The summed E-state index contributed by atoms with van der Waals surface area (Å²) in [5.41, 5.74) is 0. The summed E-state index contributed by atoms with van der Waals surface area (Å²) in [6.45, 7) is 3.29. The zero-order valence-corrected chi connectivity index (χ0v) is 15.0. The number of pyridine rings is 1. The van der Waals surface area contributed by atoms with Gasteiger partial charge in [0, 0.05) is 45.4 Å². The number of hydrogen-bond acceptors (Lipinski definition) is 5. The van der Waals surface area contributed by atoms with Gasteiger partial charge in [-0.2, -0.15) is 5.10 Å². The third-order valence-corrected chi connectivity index (χ3v) is 4.94. The standard InChI is InChI=1S/C18H24N6O2/c1-22-16(6-9-20-22)21-18(25)24-12-7-14(13-24)26-15-5-4-8-19-17(15)23-10-2-3-11-23/h4-6,8-9,14H,2-3,7,10-13H2,1H3,(H,21,25)/t14-/m1/s1. The van der Waals surface area contributed by atoms with Crippen molar-refractivity contribution in [1.29, 1.82) is 0 Å². The number of likely N-dealkylation sites (tertiary alicyclic amines) is 1. The first-order chi connectivity index (χ1) is 12.7. The lowest BCUT2D eigenvalue weighted by Gasteiger charge is -2.22. The maximum Gasteiger partial charge on any atom is 0.323 e. The van der Waals surface area contributed by atoms with Crippen LogP contribution in [0.3, 0.4) is 0 Å². The van der Waals surface area contributed by atoms with E-state index < -0.39 is 0 Å². The first kappa shape index (κ1) is 16.7. The highest BCUT2D eigenvalue weighted by atomic mass is 16.5. The summed E-state index contributed by atoms with van der Waals surface area (Å²) in [7, 11) is 1.80. The fourth-order valence-electron chi connectivity index (χ4n) is 3.51. The smallest absolute Gasteiger partial charge is 0.323 e. The van der Waals surface area contributed by atoms with Gasteiger partial charge in [-0.15, -0.1) is 0 Å². The normalized spacial score (nSPS) is 19.8. The van der Waals surface area contributed by atoms with Crippen molar-refractivity contribution in [3.63, 3.8) is 0 Å². The quantitative estimate of drug-likeness (QED) is 0.908. The molecule has 2 aliphatic rings. The van der Waals surface area contributed by atoms with E-state index in [-0.39, 0.29) is 12.1 Å². The molecule has 0 aliphatic carbocycles. The lowest BCUT2D eigenvalue weighted by atomic mass is 10.3. The fraction of sp³-hybridized carbons (Fsp3) is 0.500. The van der Waals surface area contributed by atoms with Crippen molar-refractivity contribution in [2.24, 2.45) is 7.05 Å². The third-order valence-electron chi connectivity index (χ3n) is 4.94. The molecule has 0 bridgehead atoms. The zero-order valence-electron chi connectivity index (χ0n) is 15.0. The second-order valence-electron chi connectivity index (χ2n) is 6.76. The molecule has 0 radical (unpaired) electrons. The number of anilines is 2. The SMILES string of the molecule is Cn1nccc1NC(=O)N1CC[C@@H](Oc2cccnc2N2CCCC2)C1. The van der Waals surface area contributed by atoms with E-state index in [1.54, 1.807) is 28.9 Å². The van der Waals surface area contributed by atoms with Crippen molar-refractivity contribution in [3.8, 4) is 5.75 Å². The van der Waals surface area contributed by atoms with E-state index in [2.05, 4.69) is 20.3 Å². The number of rotatable bonds is 4. The average molecular weight is 356 g/mol. The van der Waals surface area contributed by atoms with Gasteiger partial charge in [0.25, 0.3) is 0 Å². The van der Waals surface area contributed by atoms with Crippen LogP contribution in [0.15, 0.2) is 30.6 Å². The molecule has 0 saturated carbocycles. The van der Waals surface area contributed by atoms with Gasteiger partial charge in [0.05, 0.1) is 12.7 Å². The van der Waals surface area contributed by atoms with Crippen molar-refractivity contribution < 1.29 is 9.53 Å². The van der Waals surface area contributed by atoms with Gasteiger partial charge in [0.15, 0.2) is 11.6 Å². The van der Waals surface area contributed by atoms with Crippen molar-refractivity contribution >= 4 is 17.7 Å². The summed E-state index contributed by atoms with van der Waals surface area (Å²) in [4.78, 5) is 21.0. The van der Waals surface area contributed by atoms with Crippen molar-refractivity contribution in [1.82, 2.24) is 19.7 Å². The number of aryl methyl sites for hydroxylation is 1. The molecule has 0 aromatic carbocycles. The molecule has 2 amide bonds. The molecule has 2 fully saturated rings. The molecule has 2 aromatic heterocycles. The van der Waals surface area contributed by atoms with Gasteiger partial charge in [-0.25, -0.2) is 9.78 Å². The summed E-state index contributed by atoms with van der Waals surface area (Å²) in [5.74, 6) is 2.42. The van der Waals surface area contributed by atoms with Crippen LogP contribution in [0.4, 0.5) is 16.4 Å². The molecule has 1 atom stereocenters. The second-order valence-corrected chi connectivity index (χ2v) is 6.76. The molecule has 4 rings (SSSR count). The summed E-state index contributed by atoms with van der Waals surface area (Å²) in [6, 6.07) is 5.53. The number of urea groups is 1. The van der Waals surface area contributed by atoms with Gasteiger partial charge < -0.3 is 14.5 Å². The number of carbonyl (C=O) groups is 1. The second kappa shape index (κ2) is 7.23. The Kier molecular flexibility index (Phi) is 4.64. The van der Waals surface area contributed by atoms with Crippen LogP contribution in [0.2, 0.25) is 0 Å². The molecular weight excluding hydrogens is 332 g/mol. The Morgan fingerprint density at radius 3 is 2.85 bits per heavy atom. The van der Waals surface area contributed by atoms with E-state index in [9.17, 15) is 4.79 Å². The maximum absolute atomic E-state index is 12.4. The Morgan fingerprint density at radius 1 is 1.23 bits per heavy atom. The Hall–Kier alpha value is -2.77. The van der Waals surface area contributed by atoms with E-state index >= 15 is 0 Å². The molecule has 8 nitrogen and oxygen atoms in total. The molecule has 138 valence electrons. The largest absolute Gasteiger partial charge is 0.485 e. The predicted molar refractivity (Wildman–Crippen MR) is 98.5 cm³/mol. The van der Waals surface area contributed by atoms with E-state index in [0.29, 0.717) is 18.9 Å². The molecule has 2 aliphatic heterocycles. The van der Waals surface area contributed by atoms with Crippen LogP contribution in [0.25, 0.3) is 0 Å². The topological polar surface area (TPSA) is 75.5 Å². The third kappa shape index (κ3) is 3.44. The van der Waals surface area contributed by atoms with Gasteiger partial charge >= 0.3 is 6.03 Å². The zero-order chi connectivity index (χ0) is 17.9. The first-order valence-corrected chi connectivity index (χ1v) is 9.11. The number of carbonyl (C=O) groups excluding carboxylic acids is 1. The number of ether oxygens (including phenoxy) is 1. The van der Waals surface area contributed by atoms with Crippen LogP contribution in [0.1, 0.15) is 19.3 Å². The fourth-order valence-corrected chi connectivity index (χ4v) is 3.51. The summed E-state index contributed by atoms with van der Waals surface area (Å²) < 4.78 is 7.85. The predicted octanol–water partition coefficient (Wildman–Crippen LogP) is 2.10. The maximum atomic E-state index is 12.4. The highest BCUT2D eigenvalue weighted by Gasteiger charge is 2.29. The van der Waals surface area contributed by atoms with Gasteiger partial charge in [-0.1, -0.05) is 0 Å². The highest BCUT2D eigenvalue weighted by molar-refractivity contribution is 5.88. The van der Waals surface area contributed by atoms with E-state index in [4.69, 9.17) is 4.74 Å². The van der Waals surface area contributed by atoms with Gasteiger partial charge in [0.2, 0.25) is 0 Å². The van der Waals surface area contributed by atoms with E-state index in [1.807, 2.05) is 18.3 Å². The average Bonchev–Trinajstić information content (AvgIpc) is 3.39. The number of amides is 2. The monoisotopic (exact) mass is 356 g/mol. The van der Waals surface area contributed by atoms with Crippen LogP contribution in [-0.4, -0.2) is 58.0 Å². The first-order valence-electron chi connectivity index (χ1n) is 9.11. The summed E-state index contributed by atoms with van der Waals surface area (Å²) in [6.07, 6.45) is 6.66. The number of hydrogen-bond donors (Lipinski definition) is 1. The van der Waals surface area contributed by atoms with Crippen LogP contribution < -0.4 is 15.0 Å². The van der Waals surface area contributed by atoms with Crippen LogP contribution in [0, 0.1) is 0 Å². The van der Waals surface area contributed by atoms with Crippen LogP contribution in [-0.2, 0) is 7.05 Å². The molecule has 2 aromatic rings. The molecule has 1 N–H and O–H groups in total. The molecule has 2 saturated heterocycles. The minimum absolute atomic E-state index is 0.0159. The van der Waals surface area contributed by atoms with Gasteiger partial charge in [-0.3, -0.25) is 10.00 Å². The lowest BCUT2D eigenvalue weighted by Crippen LogP contribution is -2.35. The van der Waals surface area contributed by atoms with Gasteiger partial charge in [0.1, 0.15) is 11.9 Å². The van der Waals surface area contributed by atoms with Crippen molar-refractivity contribution in [2.45, 2.75) is 25.4 Å². The molecule has 26 heavy (non-hydrogen) atoms. The Bertz CT molecular complexity index is 771. The van der Waals surface area contributed by atoms with Crippen molar-refractivity contribution in [3.05, 3.63) is 30.6 Å². The van der Waals surface area contributed by atoms with Crippen molar-refractivity contribution in [2.75, 3.05) is 36.4 Å². The molecule has 4 heterocycles. The summed E-state index contributed by atoms with van der Waals surface area (Å²) in [5, 5.41) is 6.95.